The highest BCUT2D eigenvalue weighted by Crippen LogP contribution is 2.33. The summed E-state index contributed by atoms with van der Waals surface area (Å²) in [5, 5.41) is 0. The van der Waals surface area contributed by atoms with Crippen LogP contribution in [0.15, 0.2) is 29.1 Å². The van der Waals surface area contributed by atoms with Crippen molar-refractivity contribution in [2.24, 2.45) is 5.73 Å². The van der Waals surface area contributed by atoms with E-state index < -0.39 is 0 Å². The topological polar surface area (TPSA) is 53.1 Å². The van der Waals surface area contributed by atoms with Gasteiger partial charge in [-0.25, -0.2) is 4.98 Å². The lowest BCUT2D eigenvalue weighted by Crippen LogP contribution is -2.08. The number of fused-ring (bicyclic) bond motifs is 1. The zero-order valence-electron chi connectivity index (χ0n) is 9.90. The summed E-state index contributed by atoms with van der Waals surface area (Å²) in [6, 6.07) is 4.23. The lowest BCUT2D eigenvalue weighted by molar-refractivity contribution is 0.352. The quantitative estimate of drug-likeness (QED) is 0.944. The van der Waals surface area contributed by atoms with E-state index in [2.05, 4.69) is 37.6 Å². The highest BCUT2D eigenvalue weighted by molar-refractivity contribution is 9.10. The molecular weight excluding hydrogens is 294 g/mol. The maximum atomic E-state index is 5.72. The Labute approximate surface area is 114 Å². The van der Waals surface area contributed by atoms with Crippen LogP contribution in [0.25, 0.3) is 0 Å². The summed E-state index contributed by atoms with van der Waals surface area (Å²) >= 11 is 3.55. The Kier molecular flexibility index (Phi) is 3.09. The number of nitrogens with zero attached hydrogens (tertiary/aromatic N) is 2. The molecule has 94 valence electrons. The van der Waals surface area contributed by atoms with Crippen LogP contribution in [-0.2, 0) is 19.5 Å². The normalized spacial score (nSPS) is 13.4. The second kappa shape index (κ2) is 4.74. The summed E-state index contributed by atoms with van der Waals surface area (Å²) in [7, 11) is 0. The minimum absolute atomic E-state index is 0.497. The summed E-state index contributed by atoms with van der Waals surface area (Å²) in [6.45, 7) is 2.01. The molecule has 1 aliphatic rings. The molecule has 0 saturated heterocycles. The first-order valence-corrected chi connectivity index (χ1v) is 6.70. The average molecular weight is 308 g/mol. The lowest BCUT2D eigenvalue weighted by Gasteiger charge is -2.11. The van der Waals surface area contributed by atoms with Crippen molar-refractivity contribution in [2.75, 3.05) is 6.61 Å². The number of ether oxygens (including phenoxy) is 1. The zero-order chi connectivity index (χ0) is 12.5. The van der Waals surface area contributed by atoms with Crippen molar-refractivity contribution in [1.82, 2.24) is 9.55 Å². The third-order valence-corrected chi connectivity index (χ3v) is 3.63. The lowest BCUT2D eigenvalue weighted by atomic mass is 10.1. The van der Waals surface area contributed by atoms with Crippen LogP contribution in [0.1, 0.15) is 16.8 Å². The highest BCUT2D eigenvalue weighted by Gasteiger charge is 2.18. The molecule has 0 aliphatic carbocycles. The Morgan fingerprint density at radius 1 is 1.44 bits per heavy atom. The summed E-state index contributed by atoms with van der Waals surface area (Å²) in [5.74, 6) is 1.02. The molecule has 1 aromatic carbocycles. The Bertz CT molecular complexity index is 580. The predicted molar refractivity (Wildman–Crippen MR) is 72.6 cm³/mol. The molecule has 0 spiro atoms. The van der Waals surface area contributed by atoms with Gasteiger partial charge >= 0.3 is 0 Å². The van der Waals surface area contributed by atoms with E-state index in [-0.39, 0.29) is 0 Å². The fourth-order valence-electron chi connectivity index (χ4n) is 2.31. The van der Waals surface area contributed by atoms with Crippen LogP contribution >= 0.6 is 15.9 Å². The maximum absolute atomic E-state index is 5.72. The van der Waals surface area contributed by atoms with Gasteiger partial charge in [-0.1, -0.05) is 15.9 Å². The van der Waals surface area contributed by atoms with Crippen LogP contribution < -0.4 is 10.5 Å². The fraction of sp³-hybridized carbons (Fsp3) is 0.308. The number of nitrogens with two attached hydrogens (primary N) is 1. The van der Waals surface area contributed by atoms with Crippen LogP contribution in [0.5, 0.6) is 5.75 Å². The smallest absolute Gasteiger partial charge is 0.127 e. The van der Waals surface area contributed by atoms with Crippen molar-refractivity contribution in [3.8, 4) is 5.75 Å². The molecule has 5 heteroatoms. The molecule has 0 fully saturated rings. The Balaban J connectivity index is 1.98. The molecule has 0 bridgehead atoms. The van der Waals surface area contributed by atoms with Crippen molar-refractivity contribution in [1.29, 1.82) is 0 Å². The molecule has 4 nitrogen and oxygen atoms in total. The van der Waals surface area contributed by atoms with E-state index in [1.54, 1.807) is 6.20 Å². The monoisotopic (exact) mass is 307 g/mol. The van der Waals surface area contributed by atoms with Gasteiger partial charge in [0.2, 0.25) is 0 Å². The van der Waals surface area contributed by atoms with Gasteiger partial charge in [0, 0.05) is 29.2 Å². The van der Waals surface area contributed by atoms with Gasteiger partial charge in [-0.3, -0.25) is 0 Å². The van der Waals surface area contributed by atoms with E-state index in [1.807, 2.05) is 6.33 Å². The number of aromatic nitrogens is 2. The van der Waals surface area contributed by atoms with Crippen LogP contribution in [0.3, 0.4) is 0 Å². The van der Waals surface area contributed by atoms with Gasteiger partial charge in [0.05, 0.1) is 25.2 Å². The first-order valence-electron chi connectivity index (χ1n) is 5.91. The Morgan fingerprint density at radius 2 is 2.33 bits per heavy atom. The van der Waals surface area contributed by atoms with Crippen molar-refractivity contribution in [2.45, 2.75) is 19.5 Å². The van der Waals surface area contributed by atoms with E-state index >= 15 is 0 Å². The highest BCUT2D eigenvalue weighted by atomic mass is 79.9. The SMILES string of the molecule is NCc1cncn1Cc1cc(Br)cc2c1OCC2. The summed E-state index contributed by atoms with van der Waals surface area (Å²) < 4.78 is 8.87. The average Bonchev–Trinajstić information content (AvgIpc) is 2.96. The molecule has 0 atom stereocenters. The second-order valence-corrected chi connectivity index (χ2v) is 5.28. The van der Waals surface area contributed by atoms with Crippen molar-refractivity contribution < 1.29 is 4.74 Å². The van der Waals surface area contributed by atoms with Gasteiger partial charge in [0.1, 0.15) is 5.75 Å². The van der Waals surface area contributed by atoms with Gasteiger partial charge < -0.3 is 15.0 Å². The third-order valence-electron chi connectivity index (χ3n) is 3.17. The van der Waals surface area contributed by atoms with E-state index in [4.69, 9.17) is 10.5 Å². The first kappa shape index (κ1) is 11.7. The van der Waals surface area contributed by atoms with E-state index in [0.717, 1.165) is 35.5 Å². The largest absolute Gasteiger partial charge is 0.493 e. The Hall–Kier alpha value is -1.33. The Morgan fingerprint density at radius 3 is 3.17 bits per heavy atom. The number of rotatable bonds is 3. The molecule has 0 unspecified atom stereocenters. The standard InChI is InChI=1S/C13H14BrN3O/c14-11-3-9-1-2-18-13(9)10(4-11)7-17-8-16-6-12(17)5-15/h3-4,6,8H,1-2,5,7,15H2. The number of imidazole rings is 1. The zero-order valence-corrected chi connectivity index (χ0v) is 11.5. The summed E-state index contributed by atoms with van der Waals surface area (Å²) in [5.41, 5.74) is 9.16. The molecule has 0 radical (unpaired) electrons. The van der Waals surface area contributed by atoms with Gasteiger partial charge in [-0.15, -0.1) is 0 Å². The van der Waals surface area contributed by atoms with E-state index in [9.17, 15) is 0 Å². The fourth-order valence-corrected chi connectivity index (χ4v) is 2.86. The van der Waals surface area contributed by atoms with Gasteiger partial charge in [-0.2, -0.15) is 0 Å². The van der Waals surface area contributed by atoms with Crippen LogP contribution in [0.2, 0.25) is 0 Å². The van der Waals surface area contributed by atoms with E-state index in [1.165, 1.54) is 11.1 Å². The van der Waals surface area contributed by atoms with Crippen LogP contribution in [-0.4, -0.2) is 16.2 Å². The van der Waals surface area contributed by atoms with E-state index in [0.29, 0.717) is 6.54 Å². The third kappa shape index (κ3) is 2.04. The molecule has 2 heterocycles. The molecular formula is C13H14BrN3O. The summed E-state index contributed by atoms with van der Waals surface area (Å²) in [4.78, 5) is 4.14. The van der Waals surface area contributed by atoms with Gasteiger partial charge in [0.15, 0.2) is 0 Å². The number of hydrogen-bond donors (Lipinski definition) is 1. The second-order valence-electron chi connectivity index (χ2n) is 4.37. The number of hydrogen-bond acceptors (Lipinski definition) is 3. The maximum Gasteiger partial charge on any atom is 0.127 e. The van der Waals surface area contributed by atoms with Crippen molar-refractivity contribution >= 4 is 15.9 Å². The minimum atomic E-state index is 0.497. The van der Waals surface area contributed by atoms with Crippen molar-refractivity contribution in [3.63, 3.8) is 0 Å². The van der Waals surface area contributed by atoms with Crippen molar-refractivity contribution in [3.05, 3.63) is 46.0 Å². The minimum Gasteiger partial charge on any atom is -0.493 e. The molecule has 18 heavy (non-hydrogen) atoms. The van der Waals surface area contributed by atoms with Crippen LogP contribution in [0, 0.1) is 0 Å². The number of halogens is 1. The molecule has 0 saturated carbocycles. The summed E-state index contributed by atoms with van der Waals surface area (Å²) in [6.07, 6.45) is 4.60. The predicted octanol–water partition coefficient (Wildman–Crippen LogP) is 2.09. The molecule has 1 aliphatic heterocycles. The van der Waals surface area contributed by atoms with Gasteiger partial charge in [0.25, 0.3) is 0 Å². The van der Waals surface area contributed by atoms with Gasteiger partial charge in [-0.05, 0) is 17.7 Å². The first-order chi connectivity index (χ1) is 8.78. The molecule has 2 N–H and O–H groups in total. The van der Waals surface area contributed by atoms with Crippen LogP contribution in [0.4, 0.5) is 0 Å². The molecule has 0 amide bonds. The molecule has 3 rings (SSSR count). The molecule has 1 aromatic heterocycles. The molecule has 2 aromatic rings. The number of benzene rings is 1.